The van der Waals surface area contributed by atoms with E-state index in [1.54, 1.807) is 18.2 Å². The molecule has 0 saturated heterocycles. The maximum atomic E-state index is 10.6. The van der Waals surface area contributed by atoms with E-state index in [0.29, 0.717) is 5.75 Å². The zero-order valence-electron chi connectivity index (χ0n) is 10.5. The molecule has 0 amide bonds. The van der Waals surface area contributed by atoms with Crippen molar-refractivity contribution in [3.63, 3.8) is 0 Å². The first kappa shape index (κ1) is 13.3. The highest BCUT2D eigenvalue weighted by atomic mass is 16.7. The van der Waals surface area contributed by atoms with Crippen LogP contribution in [0.25, 0.3) is 6.08 Å². The van der Waals surface area contributed by atoms with Gasteiger partial charge >= 0.3 is 6.16 Å². The molecule has 0 saturated carbocycles. The highest BCUT2D eigenvalue weighted by Gasteiger charge is 2.16. The van der Waals surface area contributed by atoms with E-state index in [-0.39, 0.29) is 5.41 Å². The van der Waals surface area contributed by atoms with Gasteiger partial charge in [0.25, 0.3) is 0 Å². The van der Waals surface area contributed by atoms with E-state index in [0.717, 1.165) is 17.5 Å². The lowest BCUT2D eigenvalue weighted by molar-refractivity contribution is 0.143. The number of rotatable bonds is 3. The molecule has 0 bridgehead atoms. The summed E-state index contributed by atoms with van der Waals surface area (Å²) in [7, 11) is 0. The lowest BCUT2D eigenvalue weighted by Gasteiger charge is -2.20. The Morgan fingerprint density at radius 3 is 2.59 bits per heavy atom. The molecular weight excluding hydrogens is 216 g/mol. The molecule has 0 aliphatic rings. The van der Waals surface area contributed by atoms with Gasteiger partial charge in [-0.15, -0.1) is 0 Å². The van der Waals surface area contributed by atoms with Crippen LogP contribution in [0.2, 0.25) is 0 Å². The molecule has 0 fully saturated rings. The van der Waals surface area contributed by atoms with Crippen LogP contribution in [0.15, 0.2) is 24.8 Å². The second-order valence-electron chi connectivity index (χ2n) is 5.18. The van der Waals surface area contributed by atoms with Crippen LogP contribution in [-0.2, 0) is 6.42 Å². The lowest BCUT2D eigenvalue weighted by Crippen LogP contribution is -2.12. The summed E-state index contributed by atoms with van der Waals surface area (Å²) in [6.45, 7) is 9.99. The molecular formula is C14H18O3. The minimum Gasteiger partial charge on any atom is -0.449 e. The van der Waals surface area contributed by atoms with Gasteiger partial charge < -0.3 is 9.84 Å². The summed E-state index contributed by atoms with van der Waals surface area (Å²) in [4.78, 5) is 10.6. The number of carbonyl (C=O) groups is 1. The predicted octanol–water partition coefficient (Wildman–Crippen LogP) is 3.98. The van der Waals surface area contributed by atoms with Gasteiger partial charge in [-0.3, -0.25) is 0 Å². The minimum absolute atomic E-state index is 0.0659. The fourth-order valence-electron chi connectivity index (χ4n) is 1.63. The molecule has 1 aromatic carbocycles. The van der Waals surface area contributed by atoms with E-state index in [1.807, 2.05) is 6.07 Å². The van der Waals surface area contributed by atoms with E-state index in [4.69, 9.17) is 9.84 Å². The first-order valence-electron chi connectivity index (χ1n) is 5.48. The largest absolute Gasteiger partial charge is 0.511 e. The Hall–Kier alpha value is -1.77. The lowest BCUT2D eigenvalue weighted by atomic mass is 9.87. The molecule has 17 heavy (non-hydrogen) atoms. The molecule has 3 heteroatoms. The van der Waals surface area contributed by atoms with Crippen molar-refractivity contribution in [2.45, 2.75) is 27.2 Å². The number of carboxylic acid groups (broad SMARTS) is 1. The summed E-state index contributed by atoms with van der Waals surface area (Å²) in [5, 5.41) is 8.67. The van der Waals surface area contributed by atoms with E-state index in [9.17, 15) is 4.79 Å². The van der Waals surface area contributed by atoms with Crippen molar-refractivity contribution in [3.05, 3.63) is 35.9 Å². The standard InChI is InChI=1S/C14H18O3/c1-5-10-6-7-12(17-13(15)16)11(8-10)9-14(2,3)4/h5-8H,1,9H2,2-4H3,(H,15,16). The molecule has 1 N–H and O–H groups in total. The first-order chi connectivity index (χ1) is 7.81. The fourth-order valence-corrected chi connectivity index (χ4v) is 1.63. The molecule has 0 aliphatic carbocycles. The molecule has 0 atom stereocenters. The van der Waals surface area contributed by atoms with Gasteiger partial charge in [0, 0.05) is 0 Å². The van der Waals surface area contributed by atoms with Crippen LogP contribution in [0.4, 0.5) is 4.79 Å². The Morgan fingerprint density at radius 2 is 2.12 bits per heavy atom. The van der Waals surface area contributed by atoms with Crippen molar-refractivity contribution < 1.29 is 14.6 Å². The van der Waals surface area contributed by atoms with Crippen LogP contribution < -0.4 is 4.74 Å². The second-order valence-corrected chi connectivity index (χ2v) is 5.18. The summed E-state index contributed by atoms with van der Waals surface area (Å²) in [6, 6.07) is 5.38. The smallest absolute Gasteiger partial charge is 0.449 e. The Morgan fingerprint density at radius 1 is 1.47 bits per heavy atom. The molecule has 0 aromatic heterocycles. The quantitative estimate of drug-likeness (QED) is 0.635. The van der Waals surface area contributed by atoms with Crippen molar-refractivity contribution in [2.24, 2.45) is 5.41 Å². The van der Waals surface area contributed by atoms with Crippen molar-refractivity contribution in [3.8, 4) is 5.75 Å². The molecule has 0 unspecified atom stereocenters. The monoisotopic (exact) mass is 234 g/mol. The summed E-state index contributed by atoms with van der Waals surface area (Å²) in [5.41, 5.74) is 1.91. The summed E-state index contributed by atoms with van der Waals surface area (Å²) in [6.07, 6.45) is 1.19. The fraction of sp³-hybridized carbons (Fsp3) is 0.357. The summed E-state index contributed by atoms with van der Waals surface area (Å²) >= 11 is 0. The molecule has 1 aromatic rings. The number of hydrogen-bond acceptors (Lipinski definition) is 2. The van der Waals surface area contributed by atoms with Crippen molar-refractivity contribution >= 4 is 12.2 Å². The first-order valence-corrected chi connectivity index (χ1v) is 5.48. The average molecular weight is 234 g/mol. The summed E-state index contributed by atoms with van der Waals surface area (Å²) < 4.78 is 4.77. The molecule has 1 rings (SSSR count). The molecule has 0 radical (unpaired) electrons. The van der Waals surface area contributed by atoms with E-state index >= 15 is 0 Å². The Kier molecular flexibility index (Phi) is 3.94. The number of hydrogen-bond donors (Lipinski definition) is 1. The van der Waals surface area contributed by atoms with Gasteiger partial charge in [-0.1, -0.05) is 39.5 Å². The van der Waals surface area contributed by atoms with Crippen molar-refractivity contribution in [2.75, 3.05) is 0 Å². The SMILES string of the molecule is C=Cc1ccc(OC(=O)O)c(CC(C)(C)C)c1. The third-order valence-electron chi connectivity index (χ3n) is 2.24. The van der Waals surface area contributed by atoms with Crippen molar-refractivity contribution in [1.29, 1.82) is 0 Å². The van der Waals surface area contributed by atoms with Gasteiger partial charge in [-0.2, -0.15) is 0 Å². The van der Waals surface area contributed by atoms with Crippen LogP contribution in [0.1, 0.15) is 31.9 Å². The van der Waals surface area contributed by atoms with Gasteiger partial charge in [-0.05, 0) is 35.1 Å². The number of ether oxygens (including phenoxy) is 1. The third kappa shape index (κ3) is 4.31. The van der Waals surface area contributed by atoms with Gasteiger partial charge in [0.15, 0.2) is 0 Å². The Bertz CT molecular complexity index is 428. The maximum absolute atomic E-state index is 10.6. The third-order valence-corrected chi connectivity index (χ3v) is 2.24. The molecule has 0 heterocycles. The Labute approximate surface area is 102 Å². The van der Waals surface area contributed by atoms with Crippen molar-refractivity contribution in [1.82, 2.24) is 0 Å². The zero-order chi connectivity index (χ0) is 13.1. The molecule has 0 aliphatic heterocycles. The molecule has 92 valence electrons. The van der Waals surface area contributed by atoms with Gasteiger partial charge in [-0.25, -0.2) is 4.79 Å². The van der Waals surface area contributed by atoms with Crippen LogP contribution in [0.5, 0.6) is 5.75 Å². The van der Waals surface area contributed by atoms with Crippen LogP contribution >= 0.6 is 0 Å². The van der Waals surface area contributed by atoms with E-state index < -0.39 is 6.16 Å². The zero-order valence-corrected chi connectivity index (χ0v) is 10.5. The number of benzene rings is 1. The maximum Gasteiger partial charge on any atom is 0.511 e. The van der Waals surface area contributed by atoms with Gasteiger partial charge in [0.05, 0.1) is 0 Å². The van der Waals surface area contributed by atoms with Gasteiger partial charge in [0.1, 0.15) is 5.75 Å². The molecule has 3 nitrogen and oxygen atoms in total. The van der Waals surface area contributed by atoms with Gasteiger partial charge in [0.2, 0.25) is 0 Å². The normalized spacial score (nSPS) is 11.0. The molecule has 0 spiro atoms. The Balaban J connectivity index is 3.11. The minimum atomic E-state index is -1.29. The topological polar surface area (TPSA) is 46.5 Å². The predicted molar refractivity (Wildman–Crippen MR) is 68.3 cm³/mol. The van der Waals surface area contributed by atoms with E-state index in [1.165, 1.54) is 0 Å². The highest BCUT2D eigenvalue weighted by molar-refractivity contribution is 5.63. The average Bonchev–Trinajstić information content (AvgIpc) is 2.17. The second kappa shape index (κ2) is 5.04. The van der Waals surface area contributed by atoms with E-state index in [2.05, 4.69) is 27.4 Å². The highest BCUT2D eigenvalue weighted by Crippen LogP contribution is 2.28. The van der Waals surface area contributed by atoms with Crippen LogP contribution in [0, 0.1) is 5.41 Å². The van der Waals surface area contributed by atoms with Crippen LogP contribution in [-0.4, -0.2) is 11.3 Å². The summed E-state index contributed by atoms with van der Waals surface area (Å²) in [5.74, 6) is 0.401. The van der Waals surface area contributed by atoms with Crippen LogP contribution in [0.3, 0.4) is 0 Å².